The number of rotatable bonds is 5. The minimum absolute atomic E-state index is 0.0197. The zero-order valence-electron chi connectivity index (χ0n) is 12.5. The quantitative estimate of drug-likeness (QED) is 0.891. The lowest BCUT2D eigenvalue weighted by Crippen LogP contribution is -2.20. The van der Waals surface area contributed by atoms with Gasteiger partial charge in [0.25, 0.3) is 5.91 Å². The third-order valence-electron chi connectivity index (χ3n) is 3.93. The molecule has 2 aromatic rings. The van der Waals surface area contributed by atoms with Gasteiger partial charge in [-0.25, -0.2) is 0 Å². The summed E-state index contributed by atoms with van der Waals surface area (Å²) in [5.41, 5.74) is 10.1. The Balaban J connectivity index is 1.58. The van der Waals surface area contributed by atoms with Crippen LogP contribution in [0.1, 0.15) is 23.1 Å². The van der Waals surface area contributed by atoms with Gasteiger partial charge in [-0.05, 0) is 48.6 Å². The van der Waals surface area contributed by atoms with Crippen molar-refractivity contribution in [2.75, 3.05) is 11.9 Å². The molecule has 1 aliphatic rings. The topological polar surface area (TPSA) is 64.3 Å². The number of carbonyl (C=O) groups excluding carboxylic acids is 1. The molecular formula is C18H20N2O2. The number of para-hydroxylation sites is 1. The summed E-state index contributed by atoms with van der Waals surface area (Å²) in [7, 11) is 0. The van der Waals surface area contributed by atoms with E-state index in [2.05, 4.69) is 17.4 Å². The molecule has 0 aromatic heterocycles. The number of aryl methyl sites for hydroxylation is 2. The zero-order chi connectivity index (χ0) is 15.4. The fraction of sp³-hybridized carbons (Fsp3) is 0.278. The predicted molar refractivity (Wildman–Crippen MR) is 86.9 cm³/mol. The fourth-order valence-corrected chi connectivity index (χ4v) is 2.80. The van der Waals surface area contributed by atoms with Crippen LogP contribution in [0.3, 0.4) is 0 Å². The summed E-state index contributed by atoms with van der Waals surface area (Å²) >= 11 is 0. The highest BCUT2D eigenvalue weighted by molar-refractivity contribution is 5.92. The Bertz CT molecular complexity index is 683. The Morgan fingerprint density at radius 2 is 1.95 bits per heavy atom. The number of ether oxygens (including phenoxy) is 1. The summed E-state index contributed by atoms with van der Waals surface area (Å²) in [6.07, 6.45) is 3.44. The van der Waals surface area contributed by atoms with E-state index in [0.717, 1.165) is 24.1 Å². The second-order valence-electron chi connectivity index (χ2n) is 5.49. The summed E-state index contributed by atoms with van der Waals surface area (Å²) in [4.78, 5) is 12.0. The first-order valence-electron chi connectivity index (χ1n) is 7.58. The third kappa shape index (κ3) is 3.28. The average Bonchev–Trinajstić information content (AvgIpc) is 3.01. The Morgan fingerprint density at radius 3 is 2.82 bits per heavy atom. The van der Waals surface area contributed by atoms with Gasteiger partial charge in [-0.15, -0.1) is 0 Å². The molecule has 0 heterocycles. The number of amides is 1. The number of benzene rings is 2. The lowest BCUT2D eigenvalue weighted by molar-refractivity contribution is -0.118. The molecule has 0 saturated carbocycles. The number of carbonyl (C=O) groups is 1. The van der Waals surface area contributed by atoms with Crippen molar-refractivity contribution in [2.45, 2.75) is 25.8 Å². The average molecular weight is 296 g/mol. The van der Waals surface area contributed by atoms with Crippen LogP contribution in [0.15, 0.2) is 42.5 Å². The predicted octanol–water partition coefficient (Wildman–Crippen LogP) is 2.65. The van der Waals surface area contributed by atoms with Gasteiger partial charge in [0.15, 0.2) is 6.61 Å². The molecule has 114 valence electrons. The molecule has 0 atom stereocenters. The van der Waals surface area contributed by atoms with Crippen LogP contribution < -0.4 is 15.8 Å². The summed E-state index contributed by atoms with van der Waals surface area (Å²) in [6, 6.07) is 13.6. The molecule has 0 saturated heterocycles. The van der Waals surface area contributed by atoms with Crippen LogP contribution in [0.5, 0.6) is 5.75 Å². The van der Waals surface area contributed by atoms with Crippen LogP contribution in [0, 0.1) is 0 Å². The highest BCUT2D eigenvalue weighted by Crippen LogP contribution is 2.25. The molecule has 3 N–H and O–H groups in total. The lowest BCUT2D eigenvalue weighted by Gasteiger charge is -2.11. The van der Waals surface area contributed by atoms with Crippen LogP contribution in [-0.4, -0.2) is 12.5 Å². The molecule has 1 aliphatic carbocycles. The first-order valence-corrected chi connectivity index (χ1v) is 7.58. The van der Waals surface area contributed by atoms with E-state index in [9.17, 15) is 4.79 Å². The van der Waals surface area contributed by atoms with E-state index in [1.54, 1.807) is 0 Å². The van der Waals surface area contributed by atoms with Gasteiger partial charge in [0.05, 0.1) is 0 Å². The molecule has 0 spiro atoms. The lowest BCUT2D eigenvalue weighted by atomic mass is 10.1. The van der Waals surface area contributed by atoms with Crippen molar-refractivity contribution in [1.82, 2.24) is 0 Å². The third-order valence-corrected chi connectivity index (χ3v) is 3.93. The van der Waals surface area contributed by atoms with E-state index in [0.29, 0.717) is 12.3 Å². The maximum atomic E-state index is 12.0. The van der Waals surface area contributed by atoms with Gasteiger partial charge in [0.1, 0.15) is 5.75 Å². The maximum absolute atomic E-state index is 12.0. The second-order valence-corrected chi connectivity index (χ2v) is 5.49. The Labute approximate surface area is 130 Å². The van der Waals surface area contributed by atoms with Gasteiger partial charge in [-0.2, -0.15) is 0 Å². The summed E-state index contributed by atoms with van der Waals surface area (Å²) in [6.45, 7) is 0.372. The minimum atomic E-state index is -0.162. The number of fused-ring (bicyclic) bond motifs is 1. The molecule has 4 heteroatoms. The highest BCUT2D eigenvalue weighted by atomic mass is 16.5. The van der Waals surface area contributed by atoms with Crippen molar-refractivity contribution in [3.8, 4) is 5.75 Å². The Morgan fingerprint density at radius 1 is 1.14 bits per heavy atom. The van der Waals surface area contributed by atoms with E-state index >= 15 is 0 Å². The van der Waals surface area contributed by atoms with Gasteiger partial charge in [0, 0.05) is 17.8 Å². The monoisotopic (exact) mass is 296 g/mol. The summed E-state index contributed by atoms with van der Waals surface area (Å²) in [5.74, 6) is 0.499. The summed E-state index contributed by atoms with van der Waals surface area (Å²) in [5, 5.41) is 2.88. The van der Waals surface area contributed by atoms with E-state index < -0.39 is 0 Å². The number of anilines is 1. The van der Waals surface area contributed by atoms with Gasteiger partial charge >= 0.3 is 0 Å². The molecule has 22 heavy (non-hydrogen) atoms. The van der Waals surface area contributed by atoms with Crippen molar-refractivity contribution in [1.29, 1.82) is 0 Å². The summed E-state index contributed by atoms with van der Waals surface area (Å²) < 4.78 is 5.56. The number of hydrogen-bond acceptors (Lipinski definition) is 3. The molecule has 0 aliphatic heterocycles. The molecular weight excluding hydrogens is 276 g/mol. The number of hydrogen-bond donors (Lipinski definition) is 2. The van der Waals surface area contributed by atoms with Gasteiger partial charge in [0.2, 0.25) is 0 Å². The van der Waals surface area contributed by atoms with Crippen molar-refractivity contribution in [3.63, 3.8) is 0 Å². The smallest absolute Gasteiger partial charge is 0.262 e. The largest absolute Gasteiger partial charge is 0.483 e. The van der Waals surface area contributed by atoms with Crippen LogP contribution >= 0.6 is 0 Å². The van der Waals surface area contributed by atoms with Crippen molar-refractivity contribution < 1.29 is 9.53 Å². The normalized spacial score (nSPS) is 12.8. The maximum Gasteiger partial charge on any atom is 0.262 e. The molecule has 1 amide bonds. The van der Waals surface area contributed by atoms with Gasteiger partial charge < -0.3 is 15.8 Å². The van der Waals surface area contributed by atoms with Crippen molar-refractivity contribution >= 4 is 11.6 Å². The molecule has 3 rings (SSSR count). The molecule has 0 fully saturated rings. The number of nitrogens with two attached hydrogens (primary N) is 1. The first-order chi connectivity index (χ1) is 10.8. The van der Waals surface area contributed by atoms with E-state index in [4.69, 9.17) is 10.5 Å². The van der Waals surface area contributed by atoms with Crippen LogP contribution in [0.2, 0.25) is 0 Å². The molecule has 4 nitrogen and oxygen atoms in total. The molecule has 0 bridgehead atoms. The molecule has 2 aromatic carbocycles. The Kier molecular flexibility index (Phi) is 4.39. The van der Waals surface area contributed by atoms with Gasteiger partial charge in [-0.3, -0.25) is 4.79 Å². The van der Waals surface area contributed by atoms with E-state index in [-0.39, 0.29) is 12.5 Å². The fourth-order valence-electron chi connectivity index (χ4n) is 2.80. The second kappa shape index (κ2) is 6.62. The van der Waals surface area contributed by atoms with Crippen LogP contribution in [0.4, 0.5) is 5.69 Å². The molecule has 0 radical (unpaired) electrons. The highest BCUT2D eigenvalue weighted by Gasteiger charge is 2.12. The Hall–Kier alpha value is -2.33. The SMILES string of the molecule is NCc1ccccc1OCC(=O)Nc1ccc2c(c1)CCC2. The van der Waals surface area contributed by atoms with Crippen molar-refractivity contribution in [2.24, 2.45) is 5.73 Å². The van der Waals surface area contributed by atoms with Crippen molar-refractivity contribution in [3.05, 3.63) is 59.2 Å². The zero-order valence-corrected chi connectivity index (χ0v) is 12.5. The van der Waals surface area contributed by atoms with E-state index in [1.165, 1.54) is 17.5 Å². The van der Waals surface area contributed by atoms with Gasteiger partial charge in [-0.1, -0.05) is 24.3 Å². The first kappa shape index (κ1) is 14.6. The van der Waals surface area contributed by atoms with Crippen LogP contribution in [0.25, 0.3) is 0 Å². The minimum Gasteiger partial charge on any atom is -0.483 e. The molecule has 0 unspecified atom stereocenters. The number of nitrogens with one attached hydrogen (secondary N) is 1. The van der Waals surface area contributed by atoms with Crippen LogP contribution in [-0.2, 0) is 24.2 Å². The standard InChI is InChI=1S/C18H20N2O2/c19-11-15-4-1-2-7-17(15)22-12-18(21)20-16-9-8-13-5-3-6-14(13)10-16/h1-2,4,7-10H,3,5-6,11-12,19H2,(H,20,21). The van der Waals surface area contributed by atoms with E-state index in [1.807, 2.05) is 30.3 Å².